The van der Waals surface area contributed by atoms with Crippen molar-refractivity contribution in [2.75, 3.05) is 0 Å². The highest BCUT2D eigenvalue weighted by Crippen LogP contribution is 2.17. The van der Waals surface area contributed by atoms with Crippen LogP contribution in [0, 0.1) is 10.5 Å². The number of hydrogen-bond donors (Lipinski definition) is 0. The summed E-state index contributed by atoms with van der Waals surface area (Å²) >= 11 is 5.64. The van der Waals surface area contributed by atoms with E-state index in [1.807, 2.05) is 18.2 Å². The zero-order valence-corrected chi connectivity index (χ0v) is 8.44. The fourth-order valence-electron chi connectivity index (χ4n) is 0.522. The van der Waals surface area contributed by atoms with Crippen LogP contribution in [0.3, 0.4) is 0 Å². The zero-order chi connectivity index (χ0) is 6.85. The van der Waals surface area contributed by atoms with Crippen molar-refractivity contribution in [3.05, 3.63) is 38.7 Å². The largest absolute Gasteiger partial charge is 0.0569 e. The maximum Gasteiger partial charge on any atom is 0.0217 e. The second-order valence-electron chi connectivity index (χ2n) is 1.74. The average Bonchev–Trinajstić information content (AvgIpc) is 1.80. The lowest BCUT2D eigenvalue weighted by Gasteiger charge is -1.95. The molecule has 0 bridgehead atoms. The zero-order valence-electron chi connectivity index (χ0n) is 4.70. The van der Waals surface area contributed by atoms with Crippen molar-refractivity contribution in [3.63, 3.8) is 0 Å². The third-order valence-corrected chi connectivity index (χ3v) is 2.42. The molecule has 0 aromatic heterocycles. The maximum atomic E-state index is 3.81. The van der Waals surface area contributed by atoms with E-state index in [0.29, 0.717) is 0 Å². The molecule has 0 heterocycles. The van der Waals surface area contributed by atoms with E-state index < -0.39 is 0 Å². The standard InChI is InChI=1S/C7H5BrI/c1-5-2-3-6(9)4-7(5)8/h2-4H,1H2. The van der Waals surface area contributed by atoms with Crippen molar-refractivity contribution in [1.29, 1.82) is 0 Å². The molecule has 0 aliphatic carbocycles. The molecule has 0 saturated heterocycles. The third-order valence-electron chi connectivity index (χ3n) is 1.02. The molecule has 1 rings (SSSR count). The third kappa shape index (κ3) is 1.93. The van der Waals surface area contributed by atoms with Gasteiger partial charge in [0, 0.05) is 8.04 Å². The summed E-state index contributed by atoms with van der Waals surface area (Å²) in [6, 6.07) is 6.07. The van der Waals surface area contributed by atoms with Gasteiger partial charge in [-0.25, -0.2) is 0 Å². The second kappa shape index (κ2) is 3.01. The Labute approximate surface area is 76.9 Å². The summed E-state index contributed by atoms with van der Waals surface area (Å²) in [4.78, 5) is 0. The number of hydrogen-bond acceptors (Lipinski definition) is 0. The Morgan fingerprint density at radius 3 is 2.56 bits per heavy atom. The van der Waals surface area contributed by atoms with Gasteiger partial charge < -0.3 is 0 Å². The van der Waals surface area contributed by atoms with Crippen LogP contribution in [0.25, 0.3) is 0 Å². The van der Waals surface area contributed by atoms with Crippen molar-refractivity contribution in [1.82, 2.24) is 0 Å². The van der Waals surface area contributed by atoms with Gasteiger partial charge in [-0.1, -0.05) is 22.0 Å². The summed E-state index contributed by atoms with van der Waals surface area (Å²) in [6.07, 6.45) is 0. The molecule has 1 radical (unpaired) electrons. The number of rotatable bonds is 0. The van der Waals surface area contributed by atoms with Crippen LogP contribution in [-0.4, -0.2) is 0 Å². The average molecular weight is 296 g/mol. The molecular weight excluding hydrogens is 291 g/mol. The Morgan fingerprint density at radius 1 is 1.44 bits per heavy atom. The van der Waals surface area contributed by atoms with E-state index in [2.05, 4.69) is 45.4 Å². The molecule has 0 nitrogen and oxygen atoms in total. The molecule has 0 fully saturated rings. The molecule has 0 aliphatic heterocycles. The maximum absolute atomic E-state index is 3.81. The van der Waals surface area contributed by atoms with Crippen LogP contribution in [0.5, 0.6) is 0 Å². The van der Waals surface area contributed by atoms with E-state index in [0.717, 1.165) is 10.0 Å². The quantitative estimate of drug-likeness (QED) is 0.645. The van der Waals surface area contributed by atoms with Crippen LogP contribution in [-0.2, 0) is 0 Å². The molecule has 2 heteroatoms. The lowest BCUT2D eigenvalue weighted by atomic mass is 10.2. The minimum absolute atomic E-state index is 1.04. The van der Waals surface area contributed by atoms with Gasteiger partial charge in [0.25, 0.3) is 0 Å². The molecule has 0 aliphatic rings. The Balaban J connectivity index is 3.17. The van der Waals surface area contributed by atoms with E-state index in [1.54, 1.807) is 0 Å². The van der Waals surface area contributed by atoms with Crippen LogP contribution in [0.15, 0.2) is 22.7 Å². The minimum Gasteiger partial charge on any atom is -0.0569 e. The fraction of sp³-hybridized carbons (Fsp3) is 0. The van der Waals surface area contributed by atoms with E-state index >= 15 is 0 Å². The van der Waals surface area contributed by atoms with Crippen molar-refractivity contribution in [3.8, 4) is 0 Å². The molecular formula is C7H5BrI. The summed E-state index contributed by atoms with van der Waals surface area (Å²) in [7, 11) is 0. The predicted molar refractivity (Wildman–Crippen MR) is 51.3 cm³/mol. The lowest BCUT2D eigenvalue weighted by Crippen LogP contribution is -1.75. The highest BCUT2D eigenvalue weighted by Gasteiger charge is 1.92. The van der Waals surface area contributed by atoms with Gasteiger partial charge in [0.15, 0.2) is 0 Å². The topological polar surface area (TPSA) is 0 Å². The van der Waals surface area contributed by atoms with Gasteiger partial charge in [-0.05, 0) is 47.2 Å². The van der Waals surface area contributed by atoms with Crippen LogP contribution in [0.1, 0.15) is 5.56 Å². The molecule has 0 unspecified atom stereocenters. The van der Waals surface area contributed by atoms with Crippen molar-refractivity contribution in [2.24, 2.45) is 0 Å². The van der Waals surface area contributed by atoms with Gasteiger partial charge in [-0.3, -0.25) is 0 Å². The Kier molecular flexibility index (Phi) is 2.52. The van der Waals surface area contributed by atoms with E-state index in [4.69, 9.17) is 0 Å². The summed E-state index contributed by atoms with van der Waals surface area (Å²) < 4.78 is 2.31. The molecule has 47 valence electrons. The Hall–Kier alpha value is 0.430. The molecule has 0 spiro atoms. The Morgan fingerprint density at radius 2 is 2.11 bits per heavy atom. The first-order valence-electron chi connectivity index (χ1n) is 2.47. The van der Waals surface area contributed by atoms with Gasteiger partial charge >= 0.3 is 0 Å². The smallest absolute Gasteiger partial charge is 0.0217 e. The first-order chi connectivity index (χ1) is 4.20. The van der Waals surface area contributed by atoms with Crippen LogP contribution in [0.2, 0.25) is 0 Å². The van der Waals surface area contributed by atoms with Crippen LogP contribution in [0.4, 0.5) is 0 Å². The van der Waals surface area contributed by atoms with Gasteiger partial charge in [-0.2, -0.15) is 0 Å². The fourth-order valence-corrected chi connectivity index (χ4v) is 1.82. The molecule has 0 N–H and O–H groups in total. The molecule has 1 aromatic carbocycles. The highest BCUT2D eigenvalue weighted by molar-refractivity contribution is 14.1. The molecule has 0 amide bonds. The van der Waals surface area contributed by atoms with E-state index in [1.165, 1.54) is 3.57 Å². The number of benzene rings is 1. The van der Waals surface area contributed by atoms with E-state index in [9.17, 15) is 0 Å². The molecule has 1 aromatic rings. The van der Waals surface area contributed by atoms with Gasteiger partial charge in [0.05, 0.1) is 0 Å². The summed E-state index contributed by atoms with van der Waals surface area (Å²) in [5.41, 5.74) is 1.04. The van der Waals surface area contributed by atoms with Crippen molar-refractivity contribution >= 4 is 38.5 Å². The van der Waals surface area contributed by atoms with Crippen LogP contribution < -0.4 is 0 Å². The monoisotopic (exact) mass is 295 g/mol. The lowest BCUT2D eigenvalue weighted by molar-refractivity contribution is 1.52. The predicted octanol–water partition coefficient (Wildman–Crippen LogP) is 3.24. The first kappa shape index (κ1) is 7.54. The summed E-state index contributed by atoms with van der Waals surface area (Å²) in [6.45, 7) is 3.81. The van der Waals surface area contributed by atoms with Crippen molar-refractivity contribution < 1.29 is 0 Å². The Bertz CT molecular complexity index is 220. The van der Waals surface area contributed by atoms with E-state index in [-0.39, 0.29) is 0 Å². The van der Waals surface area contributed by atoms with Gasteiger partial charge in [-0.15, -0.1) is 0 Å². The molecule has 0 atom stereocenters. The van der Waals surface area contributed by atoms with Crippen LogP contribution >= 0.6 is 38.5 Å². The molecule has 0 saturated carbocycles. The normalized spacial score (nSPS) is 9.67. The number of halogens is 2. The van der Waals surface area contributed by atoms with Gasteiger partial charge in [0.1, 0.15) is 0 Å². The summed E-state index contributed by atoms with van der Waals surface area (Å²) in [5, 5.41) is 0. The van der Waals surface area contributed by atoms with Crippen molar-refractivity contribution in [2.45, 2.75) is 0 Å². The molecule has 9 heavy (non-hydrogen) atoms. The second-order valence-corrected chi connectivity index (χ2v) is 3.84. The van der Waals surface area contributed by atoms with Gasteiger partial charge in [0.2, 0.25) is 0 Å². The summed E-state index contributed by atoms with van der Waals surface area (Å²) in [5.74, 6) is 0. The first-order valence-corrected chi connectivity index (χ1v) is 4.34. The minimum atomic E-state index is 1.04. The SMILES string of the molecule is [CH2]c1ccc(I)cc1Br. The highest BCUT2D eigenvalue weighted by atomic mass is 127.